The highest BCUT2D eigenvalue weighted by Crippen LogP contribution is 2.25. The standard InChI is InChI=1S/C20H17ClN4O3S/c1-2-11-25-18(13-3-7-15(21)8-4-13)23-24-20(25)29-12-17(26)22-16-9-5-14(6-10-16)19(27)28/h2-10H,1,11-12H2,(H,22,26)(H,27,28)/p-1. The fourth-order valence-corrected chi connectivity index (χ4v) is 3.39. The molecule has 1 aromatic heterocycles. The first-order valence-electron chi connectivity index (χ1n) is 8.52. The lowest BCUT2D eigenvalue weighted by Crippen LogP contribution is -2.22. The zero-order valence-electron chi connectivity index (χ0n) is 15.2. The lowest BCUT2D eigenvalue weighted by molar-refractivity contribution is -0.255. The number of amides is 1. The van der Waals surface area contributed by atoms with Crippen molar-refractivity contribution in [3.8, 4) is 11.4 Å². The fourth-order valence-electron chi connectivity index (χ4n) is 2.52. The molecule has 0 saturated carbocycles. The number of allylic oxidation sites excluding steroid dienone is 1. The average molecular weight is 428 g/mol. The minimum Gasteiger partial charge on any atom is -0.545 e. The van der Waals surface area contributed by atoms with Gasteiger partial charge in [-0.25, -0.2) is 0 Å². The number of hydrogen-bond donors (Lipinski definition) is 1. The Labute approximate surface area is 176 Å². The Kier molecular flexibility index (Phi) is 6.69. The minimum atomic E-state index is -1.27. The molecule has 148 valence electrons. The highest BCUT2D eigenvalue weighted by molar-refractivity contribution is 7.99. The molecule has 0 aliphatic rings. The Balaban J connectivity index is 1.68. The summed E-state index contributed by atoms with van der Waals surface area (Å²) < 4.78 is 1.86. The van der Waals surface area contributed by atoms with E-state index in [0.29, 0.717) is 28.2 Å². The van der Waals surface area contributed by atoms with E-state index in [1.165, 1.54) is 36.0 Å². The van der Waals surface area contributed by atoms with Crippen molar-refractivity contribution in [2.45, 2.75) is 11.7 Å². The Morgan fingerprint density at radius 3 is 2.45 bits per heavy atom. The second kappa shape index (κ2) is 9.40. The summed E-state index contributed by atoms with van der Waals surface area (Å²) >= 11 is 7.18. The van der Waals surface area contributed by atoms with Gasteiger partial charge in [0.1, 0.15) is 0 Å². The summed E-state index contributed by atoms with van der Waals surface area (Å²) in [6.07, 6.45) is 1.73. The van der Waals surface area contributed by atoms with Gasteiger partial charge in [-0.2, -0.15) is 0 Å². The van der Waals surface area contributed by atoms with Crippen LogP contribution < -0.4 is 10.4 Å². The molecular formula is C20H16ClN4O3S-. The van der Waals surface area contributed by atoms with Crippen LogP contribution in [0.2, 0.25) is 5.02 Å². The number of hydrogen-bond acceptors (Lipinski definition) is 6. The van der Waals surface area contributed by atoms with Crippen molar-refractivity contribution in [3.63, 3.8) is 0 Å². The maximum absolute atomic E-state index is 12.2. The number of carboxylic acid groups (broad SMARTS) is 1. The molecule has 0 bridgehead atoms. The van der Waals surface area contributed by atoms with Crippen LogP contribution in [-0.2, 0) is 11.3 Å². The third-order valence-corrected chi connectivity index (χ3v) is 5.09. The van der Waals surface area contributed by atoms with Gasteiger partial charge in [-0.05, 0) is 42.0 Å². The minimum absolute atomic E-state index is 0.0460. The number of carboxylic acids is 1. The Morgan fingerprint density at radius 2 is 1.83 bits per heavy atom. The van der Waals surface area contributed by atoms with Gasteiger partial charge in [0.2, 0.25) is 5.91 Å². The molecule has 1 heterocycles. The Morgan fingerprint density at radius 1 is 1.14 bits per heavy atom. The number of benzene rings is 2. The highest BCUT2D eigenvalue weighted by atomic mass is 35.5. The first kappa shape index (κ1) is 20.6. The summed E-state index contributed by atoms with van der Waals surface area (Å²) in [4.78, 5) is 23.0. The molecule has 0 spiro atoms. The summed E-state index contributed by atoms with van der Waals surface area (Å²) in [6.45, 7) is 4.25. The van der Waals surface area contributed by atoms with E-state index in [1.807, 2.05) is 16.7 Å². The molecule has 29 heavy (non-hydrogen) atoms. The summed E-state index contributed by atoms with van der Waals surface area (Å²) in [7, 11) is 0. The number of rotatable bonds is 8. The number of aromatic carboxylic acids is 1. The van der Waals surface area contributed by atoms with Gasteiger partial charge in [0.05, 0.1) is 11.7 Å². The monoisotopic (exact) mass is 427 g/mol. The van der Waals surface area contributed by atoms with Crippen LogP contribution in [-0.4, -0.2) is 32.4 Å². The summed E-state index contributed by atoms with van der Waals surface area (Å²) in [5, 5.41) is 23.1. The normalized spacial score (nSPS) is 10.5. The average Bonchev–Trinajstić information content (AvgIpc) is 3.10. The maximum Gasteiger partial charge on any atom is 0.234 e. The van der Waals surface area contributed by atoms with Crippen molar-refractivity contribution in [2.24, 2.45) is 0 Å². The quantitative estimate of drug-likeness (QED) is 0.438. The zero-order chi connectivity index (χ0) is 20.8. The van der Waals surface area contributed by atoms with Crippen molar-refractivity contribution in [3.05, 3.63) is 71.8 Å². The van der Waals surface area contributed by atoms with Crippen molar-refractivity contribution >= 4 is 40.9 Å². The van der Waals surface area contributed by atoms with Crippen LogP contribution in [0.4, 0.5) is 5.69 Å². The van der Waals surface area contributed by atoms with Crippen molar-refractivity contribution in [1.82, 2.24) is 14.8 Å². The second-order valence-corrected chi connectivity index (χ2v) is 7.29. The summed E-state index contributed by atoms with van der Waals surface area (Å²) in [5.41, 5.74) is 1.40. The van der Waals surface area contributed by atoms with Gasteiger partial charge >= 0.3 is 0 Å². The van der Waals surface area contributed by atoms with E-state index >= 15 is 0 Å². The number of nitrogens with one attached hydrogen (secondary N) is 1. The van der Waals surface area contributed by atoms with Crippen LogP contribution in [0.15, 0.2) is 66.3 Å². The van der Waals surface area contributed by atoms with E-state index in [9.17, 15) is 14.7 Å². The molecule has 9 heteroatoms. The molecule has 3 aromatic rings. The number of thioether (sulfide) groups is 1. The SMILES string of the molecule is C=CCn1c(SCC(=O)Nc2ccc(C(=O)[O-])cc2)nnc1-c1ccc(Cl)cc1. The van der Waals surface area contributed by atoms with Crippen molar-refractivity contribution < 1.29 is 14.7 Å². The van der Waals surface area contributed by atoms with Gasteiger partial charge in [0.25, 0.3) is 0 Å². The number of anilines is 1. The predicted octanol–water partition coefficient (Wildman–Crippen LogP) is 2.88. The largest absolute Gasteiger partial charge is 0.545 e. The van der Waals surface area contributed by atoms with Crippen LogP contribution in [0.25, 0.3) is 11.4 Å². The van der Waals surface area contributed by atoms with Gasteiger partial charge in [0.15, 0.2) is 11.0 Å². The second-order valence-electron chi connectivity index (χ2n) is 5.91. The molecular weight excluding hydrogens is 412 g/mol. The highest BCUT2D eigenvalue weighted by Gasteiger charge is 2.15. The van der Waals surface area contributed by atoms with E-state index in [1.54, 1.807) is 18.2 Å². The van der Waals surface area contributed by atoms with Gasteiger partial charge in [-0.15, -0.1) is 16.8 Å². The molecule has 0 atom stereocenters. The maximum atomic E-state index is 12.2. The van der Waals surface area contributed by atoms with Crippen molar-refractivity contribution in [1.29, 1.82) is 0 Å². The number of carbonyl (C=O) groups is 2. The molecule has 2 aromatic carbocycles. The number of halogens is 1. The third kappa shape index (κ3) is 5.24. The third-order valence-electron chi connectivity index (χ3n) is 3.87. The molecule has 0 saturated heterocycles. The number of aromatic nitrogens is 3. The Hall–Kier alpha value is -3.10. The molecule has 1 N–H and O–H groups in total. The summed E-state index contributed by atoms with van der Waals surface area (Å²) in [6, 6.07) is 13.0. The van der Waals surface area contributed by atoms with E-state index in [0.717, 1.165) is 5.56 Å². The van der Waals surface area contributed by atoms with Crippen LogP contribution in [0, 0.1) is 0 Å². The van der Waals surface area contributed by atoms with Gasteiger partial charge in [-0.1, -0.05) is 41.6 Å². The molecule has 0 aliphatic heterocycles. The molecule has 3 rings (SSSR count). The number of carbonyl (C=O) groups excluding carboxylic acids is 2. The fraction of sp³-hybridized carbons (Fsp3) is 0.100. The van der Waals surface area contributed by atoms with Crippen LogP contribution in [0.1, 0.15) is 10.4 Å². The van der Waals surface area contributed by atoms with Gasteiger partial charge in [-0.3, -0.25) is 9.36 Å². The van der Waals surface area contributed by atoms with E-state index in [2.05, 4.69) is 22.1 Å². The van der Waals surface area contributed by atoms with E-state index in [-0.39, 0.29) is 17.2 Å². The molecule has 0 unspecified atom stereocenters. The molecule has 0 aliphatic carbocycles. The van der Waals surface area contributed by atoms with Crippen LogP contribution in [0.3, 0.4) is 0 Å². The van der Waals surface area contributed by atoms with E-state index in [4.69, 9.17) is 11.6 Å². The van der Waals surface area contributed by atoms with Crippen molar-refractivity contribution in [2.75, 3.05) is 11.1 Å². The predicted molar refractivity (Wildman–Crippen MR) is 111 cm³/mol. The van der Waals surface area contributed by atoms with Gasteiger partial charge in [0, 0.05) is 22.8 Å². The Bertz CT molecular complexity index is 1030. The first-order chi connectivity index (χ1) is 14.0. The molecule has 0 fully saturated rings. The summed E-state index contributed by atoms with van der Waals surface area (Å²) in [5.74, 6) is -0.755. The van der Waals surface area contributed by atoms with Crippen LogP contribution in [0.5, 0.6) is 0 Å². The topological polar surface area (TPSA) is 99.9 Å². The lowest BCUT2D eigenvalue weighted by Gasteiger charge is -2.09. The zero-order valence-corrected chi connectivity index (χ0v) is 16.7. The molecule has 0 radical (unpaired) electrons. The lowest BCUT2D eigenvalue weighted by atomic mass is 10.2. The van der Waals surface area contributed by atoms with E-state index < -0.39 is 5.97 Å². The van der Waals surface area contributed by atoms with Gasteiger partial charge < -0.3 is 15.2 Å². The first-order valence-corrected chi connectivity index (χ1v) is 9.88. The number of nitrogens with zero attached hydrogens (tertiary/aromatic N) is 3. The molecule has 1 amide bonds. The molecule has 7 nitrogen and oxygen atoms in total. The van der Waals surface area contributed by atoms with Crippen LogP contribution >= 0.6 is 23.4 Å². The smallest absolute Gasteiger partial charge is 0.234 e.